The van der Waals surface area contributed by atoms with Gasteiger partial charge in [0.05, 0.1) is 14.2 Å². The van der Waals surface area contributed by atoms with Gasteiger partial charge in [0.1, 0.15) is 11.5 Å². The second kappa shape index (κ2) is 5.21. The predicted octanol–water partition coefficient (Wildman–Crippen LogP) is 2.35. The Bertz CT molecular complexity index is 348. The molecule has 0 amide bonds. The molecule has 1 aliphatic rings. The molecule has 1 aromatic carbocycles. The van der Waals surface area contributed by atoms with Crippen LogP contribution < -0.4 is 14.8 Å². The van der Waals surface area contributed by atoms with Gasteiger partial charge in [-0.2, -0.15) is 0 Å². The van der Waals surface area contributed by atoms with Gasteiger partial charge in [0.25, 0.3) is 0 Å². The summed E-state index contributed by atoms with van der Waals surface area (Å²) in [5.74, 6) is 1.73. The van der Waals surface area contributed by atoms with Crippen molar-refractivity contribution >= 4 is 0 Å². The van der Waals surface area contributed by atoms with Crippen molar-refractivity contribution < 1.29 is 9.47 Å². The monoisotopic (exact) mass is 221 g/mol. The van der Waals surface area contributed by atoms with E-state index in [0.717, 1.165) is 18.0 Å². The van der Waals surface area contributed by atoms with Gasteiger partial charge in [-0.05, 0) is 18.9 Å². The Hall–Kier alpha value is -1.22. The molecule has 1 fully saturated rings. The van der Waals surface area contributed by atoms with E-state index in [1.54, 1.807) is 14.2 Å². The highest BCUT2D eigenvalue weighted by atomic mass is 16.5. The number of methoxy groups -OCH3 is 2. The zero-order chi connectivity index (χ0) is 11.4. The molecule has 1 N–H and O–H groups in total. The molecule has 0 bridgehead atoms. The molecule has 16 heavy (non-hydrogen) atoms. The van der Waals surface area contributed by atoms with Gasteiger partial charge in [0.2, 0.25) is 0 Å². The van der Waals surface area contributed by atoms with Crippen molar-refractivity contribution in [2.45, 2.75) is 31.8 Å². The molecule has 0 aromatic heterocycles. The second-order valence-corrected chi connectivity index (χ2v) is 4.19. The van der Waals surface area contributed by atoms with Gasteiger partial charge >= 0.3 is 0 Å². The quantitative estimate of drug-likeness (QED) is 0.828. The SMILES string of the molecule is COc1ccc(CNC2CCC2)c(OC)c1. The first-order valence-electron chi connectivity index (χ1n) is 5.78. The fraction of sp³-hybridized carbons (Fsp3) is 0.538. The van der Waals surface area contributed by atoms with Crippen molar-refractivity contribution in [1.82, 2.24) is 5.32 Å². The Morgan fingerprint density at radius 1 is 1.25 bits per heavy atom. The van der Waals surface area contributed by atoms with Gasteiger partial charge in [0.15, 0.2) is 0 Å². The molecule has 88 valence electrons. The average Bonchev–Trinajstić information content (AvgIpc) is 2.27. The van der Waals surface area contributed by atoms with Crippen LogP contribution in [-0.2, 0) is 6.54 Å². The first-order chi connectivity index (χ1) is 7.83. The highest BCUT2D eigenvalue weighted by Gasteiger charge is 2.16. The summed E-state index contributed by atoms with van der Waals surface area (Å²) < 4.78 is 10.5. The van der Waals surface area contributed by atoms with E-state index in [9.17, 15) is 0 Å². The molecule has 0 saturated heterocycles. The third-order valence-electron chi connectivity index (χ3n) is 3.18. The zero-order valence-corrected chi connectivity index (χ0v) is 9.95. The lowest BCUT2D eigenvalue weighted by molar-refractivity contribution is 0.333. The molecular formula is C13H19NO2. The Balaban J connectivity index is 2.00. The van der Waals surface area contributed by atoms with Crippen LogP contribution in [0.3, 0.4) is 0 Å². The number of hydrogen-bond acceptors (Lipinski definition) is 3. The minimum Gasteiger partial charge on any atom is -0.497 e. The lowest BCUT2D eigenvalue weighted by Crippen LogP contribution is -2.34. The molecule has 1 aliphatic carbocycles. The molecule has 0 aliphatic heterocycles. The van der Waals surface area contributed by atoms with E-state index in [4.69, 9.17) is 9.47 Å². The molecule has 0 spiro atoms. The van der Waals surface area contributed by atoms with Crippen molar-refractivity contribution in [3.63, 3.8) is 0 Å². The smallest absolute Gasteiger partial charge is 0.127 e. The van der Waals surface area contributed by atoms with Gasteiger partial charge in [-0.1, -0.05) is 12.5 Å². The standard InChI is InChI=1S/C13H19NO2/c1-15-12-7-6-10(13(8-12)16-2)9-14-11-4-3-5-11/h6-8,11,14H,3-5,9H2,1-2H3. The Morgan fingerprint density at radius 2 is 2.06 bits per heavy atom. The molecule has 3 heteroatoms. The van der Waals surface area contributed by atoms with Crippen molar-refractivity contribution in [3.8, 4) is 11.5 Å². The van der Waals surface area contributed by atoms with E-state index < -0.39 is 0 Å². The average molecular weight is 221 g/mol. The van der Waals surface area contributed by atoms with Crippen molar-refractivity contribution in [2.24, 2.45) is 0 Å². The summed E-state index contributed by atoms with van der Waals surface area (Å²) in [4.78, 5) is 0. The molecule has 3 nitrogen and oxygen atoms in total. The largest absolute Gasteiger partial charge is 0.497 e. The van der Waals surface area contributed by atoms with Crippen LogP contribution in [0.1, 0.15) is 24.8 Å². The van der Waals surface area contributed by atoms with Crippen molar-refractivity contribution in [2.75, 3.05) is 14.2 Å². The molecule has 0 heterocycles. The number of rotatable bonds is 5. The van der Waals surface area contributed by atoms with E-state index >= 15 is 0 Å². The highest BCUT2D eigenvalue weighted by Crippen LogP contribution is 2.25. The van der Waals surface area contributed by atoms with Crippen LogP contribution >= 0.6 is 0 Å². The second-order valence-electron chi connectivity index (χ2n) is 4.19. The summed E-state index contributed by atoms with van der Waals surface area (Å²) in [5.41, 5.74) is 1.19. The highest BCUT2D eigenvalue weighted by molar-refractivity contribution is 5.40. The van der Waals surface area contributed by atoms with E-state index in [1.807, 2.05) is 12.1 Å². The lowest BCUT2D eigenvalue weighted by atomic mass is 9.93. The van der Waals surface area contributed by atoms with E-state index in [0.29, 0.717) is 6.04 Å². The van der Waals surface area contributed by atoms with Gasteiger partial charge in [-0.3, -0.25) is 0 Å². The molecule has 1 aromatic rings. The fourth-order valence-corrected chi connectivity index (χ4v) is 1.86. The third-order valence-corrected chi connectivity index (χ3v) is 3.18. The minimum absolute atomic E-state index is 0.701. The first kappa shape index (κ1) is 11.3. The summed E-state index contributed by atoms with van der Waals surface area (Å²) in [6.45, 7) is 0.873. The molecule has 0 radical (unpaired) electrons. The van der Waals surface area contributed by atoms with Gasteiger partial charge < -0.3 is 14.8 Å². The Morgan fingerprint density at radius 3 is 2.62 bits per heavy atom. The summed E-state index contributed by atoms with van der Waals surface area (Å²) in [7, 11) is 3.36. The fourth-order valence-electron chi connectivity index (χ4n) is 1.86. The van der Waals surface area contributed by atoms with Crippen LogP contribution in [0.25, 0.3) is 0 Å². The topological polar surface area (TPSA) is 30.5 Å². The number of nitrogens with one attached hydrogen (secondary N) is 1. The lowest BCUT2D eigenvalue weighted by Gasteiger charge is -2.26. The van der Waals surface area contributed by atoms with E-state index in [-0.39, 0.29) is 0 Å². The Kier molecular flexibility index (Phi) is 3.67. The third kappa shape index (κ3) is 2.47. The van der Waals surface area contributed by atoms with Gasteiger partial charge in [-0.15, -0.1) is 0 Å². The summed E-state index contributed by atoms with van der Waals surface area (Å²) in [6.07, 6.45) is 3.97. The zero-order valence-electron chi connectivity index (χ0n) is 9.95. The van der Waals surface area contributed by atoms with Crippen LogP contribution in [0.4, 0.5) is 0 Å². The number of hydrogen-bond donors (Lipinski definition) is 1. The molecule has 1 saturated carbocycles. The van der Waals surface area contributed by atoms with E-state index in [1.165, 1.54) is 24.8 Å². The van der Waals surface area contributed by atoms with Crippen molar-refractivity contribution in [3.05, 3.63) is 23.8 Å². The maximum Gasteiger partial charge on any atom is 0.127 e. The molecule has 2 rings (SSSR count). The predicted molar refractivity (Wildman–Crippen MR) is 64.0 cm³/mol. The number of benzene rings is 1. The van der Waals surface area contributed by atoms with Crippen molar-refractivity contribution in [1.29, 1.82) is 0 Å². The molecular weight excluding hydrogens is 202 g/mol. The summed E-state index contributed by atoms with van der Waals surface area (Å²) in [6, 6.07) is 6.66. The van der Waals surface area contributed by atoms with Crippen LogP contribution in [-0.4, -0.2) is 20.3 Å². The van der Waals surface area contributed by atoms with Crippen LogP contribution in [0, 0.1) is 0 Å². The van der Waals surface area contributed by atoms with Crippen LogP contribution in [0.2, 0.25) is 0 Å². The maximum absolute atomic E-state index is 5.35. The first-order valence-corrected chi connectivity index (χ1v) is 5.78. The number of ether oxygens (including phenoxy) is 2. The molecule has 0 atom stereocenters. The van der Waals surface area contributed by atoms with E-state index in [2.05, 4.69) is 11.4 Å². The normalized spacial score (nSPS) is 15.6. The summed E-state index contributed by atoms with van der Waals surface area (Å²) >= 11 is 0. The van der Waals surface area contributed by atoms with Gasteiger partial charge in [-0.25, -0.2) is 0 Å². The Labute approximate surface area is 96.8 Å². The molecule has 0 unspecified atom stereocenters. The summed E-state index contributed by atoms with van der Waals surface area (Å²) in [5, 5.41) is 3.53. The van der Waals surface area contributed by atoms with Gasteiger partial charge in [0, 0.05) is 24.2 Å². The minimum atomic E-state index is 0.701. The maximum atomic E-state index is 5.35. The van der Waals surface area contributed by atoms with Crippen LogP contribution in [0.5, 0.6) is 11.5 Å². The van der Waals surface area contributed by atoms with Crippen LogP contribution in [0.15, 0.2) is 18.2 Å².